The van der Waals surface area contributed by atoms with Crippen LogP contribution in [0.15, 0.2) is 563 Å². The fraction of sp³-hybridized carbons (Fsp3) is 0. The van der Waals surface area contributed by atoms with Crippen molar-refractivity contribution in [2.75, 3.05) is 10.2 Å². The monoisotopic (exact) mass is 1880 g/mol. The number of aromatic nitrogens is 2. The minimum atomic E-state index is 1.07. The number of nitrogens with one attached hydrogen (secondary N) is 1. The van der Waals surface area contributed by atoms with Gasteiger partial charge in [-0.3, -0.25) is 0 Å². The average molecular weight is 1890 g/mol. The molecule has 0 bridgehead atoms. The zero-order valence-electron chi connectivity index (χ0n) is 78.3. The number of para-hydroxylation sites is 4. The van der Waals surface area contributed by atoms with Gasteiger partial charge >= 0.3 is 0 Å². The highest BCUT2D eigenvalue weighted by Crippen LogP contribution is 2.49. The number of nitrogens with zero attached hydrogens (tertiary/aromatic N) is 3. The largest absolute Gasteiger partial charge is 0.356 e. The summed E-state index contributed by atoms with van der Waals surface area (Å²) in [6.45, 7) is 0. The fourth-order valence-corrected chi connectivity index (χ4v) is 21.9. The maximum absolute atomic E-state index is 3.57. The van der Waals surface area contributed by atoms with Crippen LogP contribution in [0.25, 0.3) is 220 Å². The molecule has 0 unspecified atom stereocenters. The van der Waals surface area contributed by atoms with E-state index < -0.39 is 0 Å². The first kappa shape index (κ1) is 86.3. The predicted octanol–water partition coefficient (Wildman–Crippen LogP) is 39.2. The number of rotatable bonds is 16. The van der Waals surface area contributed by atoms with Gasteiger partial charge < -0.3 is 19.4 Å². The normalized spacial score (nSPS) is 11.4. The molecule has 2 heterocycles. The van der Waals surface area contributed by atoms with Crippen LogP contribution < -0.4 is 10.2 Å². The molecule has 0 spiro atoms. The van der Waals surface area contributed by atoms with E-state index in [0.717, 1.165) is 38.6 Å². The lowest BCUT2D eigenvalue weighted by Gasteiger charge is -2.26. The minimum Gasteiger partial charge on any atom is -0.356 e. The van der Waals surface area contributed by atoms with E-state index in [2.05, 4.69) is 593 Å². The van der Waals surface area contributed by atoms with E-state index in [1.165, 1.54) is 214 Å². The third-order valence-corrected chi connectivity index (χ3v) is 28.8. The molecule has 0 atom stereocenters. The molecule has 143 heavy (non-hydrogen) atoms. The van der Waals surface area contributed by atoms with E-state index in [1.54, 1.807) is 0 Å². The highest BCUT2D eigenvalue weighted by molar-refractivity contribution is 9.10. The molecule has 1 N–H and O–H groups in total. The molecule has 4 nitrogen and oxygen atoms in total. The van der Waals surface area contributed by atoms with Gasteiger partial charge in [-0.05, 0) is 298 Å². The maximum atomic E-state index is 3.57. The summed E-state index contributed by atoms with van der Waals surface area (Å²) < 4.78 is 5.83. The summed E-state index contributed by atoms with van der Waals surface area (Å²) in [5.74, 6) is 0. The molecule has 27 rings (SSSR count). The van der Waals surface area contributed by atoms with Crippen LogP contribution in [-0.4, -0.2) is 9.13 Å². The summed E-state index contributed by atoms with van der Waals surface area (Å²) in [6.07, 6.45) is 0. The SMILES string of the molecule is Brc1ccc(-c2c3ccccc3c(-c3ccccc3)c3ccccc23)cc1.c1ccc(-c2c3ccccc3c(-c3ccc(N(c4ccc(-c5ccc(-c6cccc7ccccc67)cc5)cc4)c4ccc(-c5ccc6c(c5)c5ccccc5n6-c5ccccc5)cc4)cc3)c3ccccc23)cc1.c1ccc(-n2c3ccccc3c3cc(-c4ccc(Nc5ccc(-c6cccc7ccccc67)cc5)cc4)ccc32)cc1. The second-order valence-electron chi connectivity index (χ2n) is 36.6. The Labute approximate surface area is 839 Å². The van der Waals surface area contributed by atoms with Gasteiger partial charge in [0.05, 0.1) is 22.1 Å². The maximum Gasteiger partial charge on any atom is 0.0541 e. The van der Waals surface area contributed by atoms with Gasteiger partial charge in [0.15, 0.2) is 0 Å². The number of hydrogen-bond acceptors (Lipinski definition) is 2. The topological polar surface area (TPSA) is 25.1 Å². The summed E-state index contributed by atoms with van der Waals surface area (Å²) in [4.78, 5) is 2.38. The Morgan fingerprint density at radius 3 is 0.755 bits per heavy atom. The number of fused-ring (bicyclic) bond motifs is 12. The molecule has 27 aromatic rings. The smallest absolute Gasteiger partial charge is 0.0541 e. The standard InChI is InChI=1S/C72H48N2.C40H28N2.C26H17Br/c1-3-17-54(18-4-1)71-64-24-9-11-26-66(64)72(67-27-12-10-25-65(67)71)55-38-45-60(46-39-55)73(58-41-34-50(35-42-58)49-30-32-53(33-31-49)62-28-15-19-52-16-7-8-22-61(52)62)59-43-36-51(37-44-59)56-40-47-70-68(48-56)63-23-13-14-29-69(63)74(70)57-20-5-2-6-21-57;1-2-11-34(12-3-1)42-39-16-7-6-14-37(39)38-27-31(21-26-40(38)42)28-17-22-32(23-18-28)41-33-24-19-30(20-25-33)36-15-8-10-29-9-4-5-13-35(29)36;27-20-16-14-19(15-17-20)26-23-12-6-4-10-21(23)25(18-8-2-1-3-9-18)22-11-5-7-13-24(22)26/h1-48H;1-27,41H;1-17H. The van der Waals surface area contributed by atoms with Crippen molar-refractivity contribution in [3.05, 3.63) is 563 Å². The van der Waals surface area contributed by atoms with E-state index in [9.17, 15) is 0 Å². The van der Waals surface area contributed by atoms with Gasteiger partial charge in [0.2, 0.25) is 0 Å². The number of benzene rings is 25. The van der Waals surface area contributed by atoms with Crippen LogP contribution in [-0.2, 0) is 0 Å². The highest BCUT2D eigenvalue weighted by Gasteiger charge is 2.24. The van der Waals surface area contributed by atoms with Crippen molar-refractivity contribution in [1.82, 2.24) is 9.13 Å². The van der Waals surface area contributed by atoms with Gasteiger partial charge in [-0.25, -0.2) is 0 Å². The predicted molar refractivity (Wildman–Crippen MR) is 614 cm³/mol. The van der Waals surface area contributed by atoms with Crippen molar-refractivity contribution in [3.8, 4) is 112 Å². The lowest BCUT2D eigenvalue weighted by atomic mass is 9.86. The van der Waals surface area contributed by atoms with Crippen LogP contribution in [0, 0.1) is 0 Å². The Balaban J connectivity index is 0.000000129. The Kier molecular flexibility index (Phi) is 22.9. The van der Waals surface area contributed by atoms with E-state index in [0.29, 0.717) is 0 Å². The lowest BCUT2D eigenvalue weighted by Crippen LogP contribution is -2.09. The van der Waals surface area contributed by atoms with Crippen molar-refractivity contribution >= 4 is 153 Å². The van der Waals surface area contributed by atoms with Crippen molar-refractivity contribution in [1.29, 1.82) is 0 Å². The molecule has 0 saturated carbocycles. The van der Waals surface area contributed by atoms with Crippen molar-refractivity contribution in [3.63, 3.8) is 0 Å². The molecule has 672 valence electrons. The quantitative estimate of drug-likeness (QED) is 0.0976. The van der Waals surface area contributed by atoms with Gasteiger partial charge in [0.1, 0.15) is 0 Å². The van der Waals surface area contributed by atoms with E-state index in [4.69, 9.17) is 0 Å². The molecule has 0 amide bonds. The Bertz CT molecular complexity index is 9290. The Hall–Kier alpha value is -18.3. The first-order valence-corrected chi connectivity index (χ1v) is 49.7. The zero-order chi connectivity index (χ0) is 95.1. The Morgan fingerprint density at radius 1 is 0.161 bits per heavy atom. The molecule has 0 fully saturated rings. The summed E-state index contributed by atoms with van der Waals surface area (Å²) in [6, 6.07) is 202. The zero-order valence-corrected chi connectivity index (χ0v) is 79.9. The van der Waals surface area contributed by atoms with Crippen molar-refractivity contribution in [2.24, 2.45) is 0 Å². The molecule has 0 aliphatic heterocycles. The van der Waals surface area contributed by atoms with Gasteiger partial charge in [-0.2, -0.15) is 0 Å². The van der Waals surface area contributed by atoms with Gasteiger partial charge in [-0.1, -0.05) is 441 Å². The van der Waals surface area contributed by atoms with Crippen molar-refractivity contribution < 1.29 is 0 Å². The second-order valence-corrected chi connectivity index (χ2v) is 37.6. The summed E-state index contributed by atoms with van der Waals surface area (Å²) in [7, 11) is 0. The first-order valence-electron chi connectivity index (χ1n) is 48.9. The molecule has 0 aliphatic carbocycles. The lowest BCUT2D eigenvalue weighted by molar-refractivity contribution is 1.18. The van der Waals surface area contributed by atoms with Crippen LogP contribution >= 0.6 is 15.9 Å². The number of anilines is 5. The molecular weight excluding hydrogens is 1790 g/mol. The number of halogens is 1. The number of hydrogen-bond donors (Lipinski definition) is 1. The van der Waals surface area contributed by atoms with Crippen LogP contribution in [0.1, 0.15) is 0 Å². The fourth-order valence-electron chi connectivity index (χ4n) is 21.6. The van der Waals surface area contributed by atoms with Crippen molar-refractivity contribution in [2.45, 2.75) is 0 Å². The summed E-state index contributed by atoms with van der Waals surface area (Å²) in [5, 5.41) is 23.8. The second kappa shape index (κ2) is 37.9. The Morgan fingerprint density at radius 2 is 0.399 bits per heavy atom. The molecule has 5 heteroatoms. The van der Waals surface area contributed by atoms with E-state index >= 15 is 0 Å². The molecule has 0 saturated heterocycles. The highest BCUT2D eigenvalue weighted by atomic mass is 79.9. The minimum absolute atomic E-state index is 1.07. The molecule has 2 aromatic heterocycles. The third kappa shape index (κ3) is 16.5. The van der Waals surface area contributed by atoms with Crippen LogP contribution in [0.3, 0.4) is 0 Å². The van der Waals surface area contributed by atoms with Gasteiger partial charge in [-0.15, -0.1) is 0 Å². The van der Waals surface area contributed by atoms with Crippen LogP contribution in [0.4, 0.5) is 28.4 Å². The van der Waals surface area contributed by atoms with Gasteiger partial charge in [0, 0.05) is 65.8 Å². The van der Waals surface area contributed by atoms with Crippen LogP contribution in [0.2, 0.25) is 0 Å². The summed E-state index contributed by atoms with van der Waals surface area (Å²) >= 11 is 3.56. The average Bonchev–Trinajstić information content (AvgIpc) is 1.74. The first-order chi connectivity index (χ1) is 70.9. The van der Waals surface area contributed by atoms with Gasteiger partial charge in [0.25, 0.3) is 0 Å². The van der Waals surface area contributed by atoms with Crippen LogP contribution in [0.5, 0.6) is 0 Å². The molecular formula is C138H93BrN4. The molecule has 0 aliphatic rings. The molecule has 25 aromatic carbocycles. The molecule has 0 radical (unpaired) electrons. The summed E-state index contributed by atoms with van der Waals surface area (Å²) in [5.41, 5.74) is 34.7. The van der Waals surface area contributed by atoms with E-state index in [-0.39, 0.29) is 0 Å². The van der Waals surface area contributed by atoms with E-state index in [1.807, 2.05) is 0 Å². The third-order valence-electron chi connectivity index (χ3n) is 28.3.